The van der Waals surface area contributed by atoms with Gasteiger partial charge in [-0.3, -0.25) is 9.59 Å². The lowest BCUT2D eigenvalue weighted by molar-refractivity contribution is -0.128. The van der Waals surface area contributed by atoms with E-state index in [4.69, 9.17) is 0 Å². The number of Topliss-reactive ketones (excluding diaryl/α,β-unsaturated/α-hetero) is 1. The minimum absolute atomic E-state index is 0.0211. The number of aromatic nitrogens is 9. The van der Waals surface area contributed by atoms with Crippen molar-refractivity contribution in [3.05, 3.63) is 66.5 Å². The van der Waals surface area contributed by atoms with Gasteiger partial charge < -0.3 is 14.8 Å². The summed E-state index contributed by atoms with van der Waals surface area (Å²) in [6, 6.07) is 9.16. The molecule has 13 nitrogen and oxygen atoms in total. The van der Waals surface area contributed by atoms with Crippen molar-refractivity contribution < 1.29 is 14.0 Å². The quantitative estimate of drug-likeness (QED) is 0.277. The van der Waals surface area contributed by atoms with Crippen LogP contribution in [-0.4, -0.2) is 87.4 Å². The van der Waals surface area contributed by atoms with E-state index in [1.54, 1.807) is 10.9 Å². The van der Waals surface area contributed by atoms with Crippen LogP contribution >= 0.6 is 0 Å². The lowest BCUT2D eigenvalue weighted by Crippen LogP contribution is -2.56. The van der Waals surface area contributed by atoms with E-state index < -0.39 is 17.5 Å². The van der Waals surface area contributed by atoms with Gasteiger partial charge in [0.05, 0.1) is 40.7 Å². The van der Waals surface area contributed by atoms with Gasteiger partial charge in [0.15, 0.2) is 11.6 Å². The van der Waals surface area contributed by atoms with Crippen LogP contribution in [0.3, 0.4) is 0 Å². The summed E-state index contributed by atoms with van der Waals surface area (Å²) in [6.07, 6.45) is 5.31. The zero-order valence-electron chi connectivity index (χ0n) is 19.6. The van der Waals surface area contributed by atoms with Crippen molar-refractivity contribution in [1.82, 2.24) is 50.1 Å². The second-order valence-electron chi connectivity index (χ2n) is 8.58. The van der Waals surface area contributed by atoms with Crippen molar-refractivity contribution in [2.45, 2.75) is 13.0 Å². The zero-order chi connectivity index (χ0) is 25.5. The maximum Gasteiger partial charge on any atom is 0.295 e. The molecule has 186 valence electrons. The summed E-state index contributed by atoms with van der Waals surface area (Å²) < 4.78 is 17.8. The normalized spacial score (nSPS) is 15.9. The minimum Gasteiger partial charge on any atom is -0.357 e. The molecule has 1 amide bonds. The van der Waals surface area contributed by atoms with Gasteiger partial charge in [-0.25, -0.2) is 14.1 Å². The fourth-order valence-corrected chi connectivity index (χ4v) is 4.57. The van der Waals surface area contributed by atoms with E-state index in [2.05, 4.69) is 35.8 Å². The van der Waals surface area contributed by atoms with E-state index in [0.717, 1.165) is 11.9 Å². The van der Waals surface area contributed by atoms with Gasteiger partial charge in [0, 0.05) is 31.9 Å². The third kappa shape index (κ3) is 3.78. The van der Waals surface area contributed by atoms with Crippen LogP contribution in [0.25, 0.3) is 22.4 Å². The number of para-hydroxylation sites is 1. The fourth-order valence-electron chi connectivity index (χ4n) is 4.57. The number of hydrogen-bond acceptors (Lipinski definition) is 9. The van der Waals surface area contributed by atoms with Crippen molar-refractivity contribution >= 4 is 28.5 Å². The topological polar surface area (TPSA) is 144 Å². The smallest absolute Gasteiger partial charge is 0.295 e. The number of piperazine rings is 1. The highest BCUT2D eigenvalue weighted by molar-refractivity contribution is 6.45. The molecular weight excluding hydrogens is 481 g/mol. The van der Waals surface area contributed by atoms with Gasteiger partial charge in [-0.1, -0.05) is 28.5 Å². The molecule has 5 heterocycles. The first-order chi connectivity index (χ1) is 18.0. The molecule has 0 unspecified atom stereocenters. The molecule has 0 bridgehead atoms. The first-order valence-electron chi connectivity index (χ1n) is 11.5. The summed E-state index contributed by atoms with van der Waals surface area (Å²) in [5.41, 5.74) is 0.987. The third-order valence-electron chi connectivity index (χ3n) is 6.35. The number of tetrazole rings is 1. The van der Waals surface area contributed by atoms with Gasteiger partial charge in [0.25, 0.3) is 17.6 Å². The number of pyridine rings is 1. The van der Waals surface area contributed by atoms with E-state index >= 15 is 0 Å². The summed E-state index contributed by atoms with van der Waals surface area (Å²) in [6.45, 7) is 2.94. The van der Waals surface area contributed by atoms with Crippen molar-refractivity contribution in [2.75, 3.05) is 24.5 Å². The maximum absolute atomic E-state index is 14.8. The van der Waals surface area contributed by atoms with Gasteiger partial charge >= 0.3 is 0 Å². The molecule has 4 aromatic heterocycles. The number of H-pyrrole nitrogens is 1. The first kappa shape index (κ1) is 22.5. The van der Waals surface area contributed by atoms with Gasteiger partial charge in [-0.15, -0.1) is 5.10 Å². The first-order valence-corrected chi connectivity index (χ1v) is 11.5. The molecule has 0 saturated carbocycles. The molecule has 1 fully saturated rings. The van der Waals surface area contributed by atoms with Crippen molar-refractivity contribution in [3.63, 3.8) is 0 Å². The molecule has 0 radical (unpaired) electrons. The number of fused-ring (bicyclic) bond motifs is 1. The Hall–Kier alpha value is -5.01. The summed E-state index contributed by atoms with van der Waals surface area (Å²) in [7, 11) is 0. The van der Waals surface area contributed by atoms with E-state index in [-0.39, 0.29) is 34.9 Å². The molecule has 6 rings (SSSR count). The van der Waals surface area contributed by atoms with E-state index in [1.165, 1.54) is 22.0 Å². The Morgan fingerprint density at radius 2 is 1.97 bits per heavy atom. The van der Waals surface area contributed by atoms with Crippen LogP contribution in [0, 0.1) is 5.82 Å². The second-order valence-corrected chi connectivity index (χ2v) is 8.58. The van der Waals surface area contributed by atoms with Crippen LogP contribution in [0.5, 0.6) is 0 Å². The minimum atomic E-state index is -0.810. The highest BCUT2D eigenvalue weighted by atomic mass is 19.1. The number of carbonyl (C=O) groups excluding carboxylic acids is 2. The SMILES string of the molecule is C[C@H]1CN(c2nnnn2-c2ccccc2)CCN1C(=O)C(=O)c1c[nH]c2c(-n3ccnn3)ncc(F)c12. The molecule has 37 heavy (non-hydrogen) atoms. The average molecular weight is 501 g/mol. The van der Waals surface area contributed by atoms with Crippen LogP contribution < -0.4 is 4.90 Å². The van der Waals surface area contributed by atoms with Crippen LogP contribution in [0.15, 0.2) is 55.1 Å². The molecule has 5 aromatic rings. The van der Waals surface area contributed by atoms with Crippen LogP contribution in [0.1, 0.15) is 17.3 Å². The Kier molecular flexibility index (Phi) is 5.40. The predicted octanol–water partition coefficient (Wildman–Crippen LogP) is 1.18. The number of anilines is 1. The molecule has 1 saturated heterocycles. The third-order valence-corrected chi connectivity index (χ3v) is 6.35. The number of nitrogens with one attached hydrogen (secondary N) is 1. The highest BCUT2D eigenvalue weighted by Gasteiger charge is 2.35. The van der Waals surface area contributed by atoms with Crippen molar-refractivity contribution in [1.29, 1.82) is 0 Å². The van der Waals surface area contributed by atoms with Crippen LogP contribution in [-0.2, 0) is 4.79 Å². The number of halogens is 1. The Morgan fingerprint density at radius 1 is 1.14 bits per heavy atom. The largest absolute Gasteiger partial charge is 0.357 e. The number of hydrogen-bond donors (Lipinski definition) is 1. The molecule has 1 atom stereocenters. The number of rotatable bonds is 5. The maximum atomic E-state index is 14.8. The monoisotopic (exact) mass is 501 g/mol. The highest BCUT2D eigenvalue weighted by Crippen LogP contribution is 2.27. The molecule has 1 N–H and O–H groups in total. The number of benzene rings is 1. The Bertz CT molecular complexity index is 1600. The number of carbonyl (C=O) groups is 2. The molecule has 1 aliphatic heterocycles. The predicted molar refractivity (Wildman–Crippen MR) is 128 cm³/mol. The summed E-state index contributed by atoms with van der Waals surface area (Å²) in [4.78, 5) is 36.9. The van der Waals surface area contributed by atoms with Crippen LogP contribution in [0.4, 0.5) is 10.3 Å². The fraction of sp³-hybridized carbons (Fsp3) is 0.217. The van der Waals surface area contributed by atoms with Crippen LogP contribution in [0.2, 0.25) is 0 Å². The zero-order valence-corrected chi connectivity index (χ0v) is 19.6. The Morgan fingerprint density at radius 3 is 2.73 bits per heavy atom. The lowest BCUT2D eigenvalue weighted by atomic mass is 10.1. The van der Waals surface area contributed by atoms with Gasteiger partial charge in [-0.2, -0.15) is 4.68 Å². The molecule has 0 aliphatic carbocycles. The molecule has 14 heteroatoms. The standard InChI is InChI=1S/C23H20FN11O2/c1-14-13-32(23-28-29-31-35(23)15-5-3-2-4-6-15)9-10-33(14)22(37)20(36)16-11-25-19-18(16)17(24)12-26-21(19)34-8-7-27-30-34/h2-8,11-12,14,25H,9-10,13H2,1H3/t14-/m0/s1. The lowest BCUT2D eigenvalue weighted by Gasteiger charge is -2.39. The Labute approximate surface area is 208 Å². The average Bonchev–Trinajstić information content (AvgIpc) is 3.70. The number of ketones is 1. The van der Waals surface area contributed by atoms with Gasteiger partial charge in [-0.05, 0) is 29.5 Å². The molecule has 1 aliphatic rings. The van der Waals surface area contributed by atoms with Crippen molar-refractivity contribution in [2.24, 2.45) is 0 Å². The number of amides is 1. The second kappa shape index (κ2) is 8.89. The van der Waals surface area contributed by atoms with Gasteiger partial charge in [0.1, 0.15) is 0 Å². The van der Waals surface area contributed by atoms with E-state index in [0.29, 0.717) is 19.0 Å². The molecular formula is C23H20FN11O2. The summed E-state index contributed by atoms with van der Waals surface area (Å²) in [5, 5.41) is 19.7. The van der Waals surface area contributed by atoms with Gasteiger partial charge in [0.2, 0.25) is 0 Å². The summed E-state index contributed by atoms with van der Waals surface area (Å²) in [5.74, 6) is -1.44. The number of aromatic amines is 1. The molecule has 1 aromatic carbocycles. The Balaban J connectivity index is 1.24. The van der Waals surface area contributed by atoms with E-state index in [1.807, 2.05) is 42.2 Å². The van der Waals surface area contributed by atoms with E-state index in [9.17, 15) is 14.0 Å². The molecule has 0 spiro atoms. The summed E-state index contributed by atoms with van der Waals surface area (Å²) >= 11 is 0. The number of nitrogens with zero attached hydrogens (tertiary/aromatic N) is 10. The van der Waals surface area contributed by atoms with Crippen molar-refractivity contribution in [3.8, 4) is 11.5 Å².